The Hall–Kier alpha value is 0.0439. The number of rotatable bonds is 1. The summed E-state index contributed by atoms with van der Waals surface area (Å²) in [7, 11) is 0. The molecule has 1 radical (unpaired) electrons. The molecule has 0 atom stereocenters. The van der Waals surface area contributed by atoms with E-state index < -0.39 is 0 Å². The molecular formula is C4H5N4Y-. The van der Waals surface area contributed by atoms with Gasteiger partial charge in [-0.15, -0.1) is 0 Å². The van der Waals surface area contributed by atoms with Gasteiger partial charge in [0.2, 0.25) is 0 Å². The molecule has 0 bridgehead atoms. The monoisotopic (exact) mass is 198 g/mol. The molecule has 0 aromatic carbocycles. The first-order valence-corrected chi connectivity index (χ1v) is 2.36. The summed E-state index contributed by atoms with van der Waals surface area (Å²) in [6.45, 7) is 1.94. The Morgan fingerprint density at radius 2 is 1.89 bits per heavy atom. The Balaban J connectivity index is 0.000000640. The van der Waals surface area contributed by atoms with Crippen molar-refractivity contribution in [1.82, 2.24) is 20.4 Å². The molecule has 0 saturated heterocycles. The van der Waals surface area contributed by atoms with Gasteiger partial charge in [0.25, 0.3) is 0 Å². The van der Waals surface area contributed by atoms with Crippen molar-refractivity contribution >= 4 is 0 Å². The molecule has 0 aliphatic carbocycles. The van der Waals surface area contributed by atoms with Crippen LogP contribution in [-0.4, -0.2) is 20.4 Å². The molecule has 1 rings (SSSR count). The summed E-state index contributed by atoms with van der Waals surface area (Å²) in [4.78, 5) is 0. The molecule has 1 aromatic rings. The van der Waals surface area contributed by atoms with E-state index in [4.69, 9.17) is 0 Å². The molecular weight excluding hydrogens is 193 g/mol. The van der Waals surface area contributed by atoms with Crippen LogP contribution in [0.4, 0.5) is 0 Å². The van der Waals surface area contributed by atoms with Crippen molar-refractivity contribution in [2.75, 3.05) is 0 Å². The topological polar surface area (TPSA) is 51.6 Å². The second-order valence-electron chi connectivity index (χ2n) is 1.27. The number of hydrogen-bond acceptors (Lipinski definition) is 4. The minimum Gasteiger partial charge on any atom is -0.349 e. The van der Waals surface area contributed by atoms with Crippen LogP contribution in [-0.2, 0) is 39.1 Å². The summed E-state index contributed by atoms with van der Waals surface area (Å²) in [6.07, 6.45) is 3.02. The van der Waals surface area contributed by atoms with Gasteiger partial charge < -0.3 is 10.2 Å². The summed E-state index contributed by atoms with van der Waals surface area (Å²) in [5.74, 6) is 0.656. The predicted molar refractivity (Wildman–Crippen MR) is 25.8 cm³/mol. The van der Waals surface area contributed by atoms with Crippen molar-refractivity contribution < 1.29 is 32.7 Å². The Bertz CT molecular complexity index is 154. The van der Waals surface area contributed by atoms with Gasteiger partial charge in [-0.25, -0.2) is 6.33 Å². The maximum Gasteiger partial charge on any atom is 0.166 e. The van der Waals surface area contributed by atoms with Crippen LogP contribution in [0.3, 0.4) is 0 Å². The average molecular weight is 198 g/mol. The van der Waals surface area contributed by atoms with E-state index in [0.717, 1.165) is 6.42 Å². The van der Waals surface area contributed by atoms with Gasteiger partial charge in [-0.3, -0.25) is 0 Å². The maximum absolute atomic E-state index is 3.62. The molecule has 1 aromatic heterocycles. The number of nitrogens with zero attached hydrogens (tertiary/aromatic N) is 4. The second kappa shape index (κ2) is 4.88. The van der Waals surface area contributed by atoms with Crippen LogP contribution >= 0.6 is 0 Å². The number of aromatic nitrogens is 4. The maximum atomic E-state index is 3.62. The van der Waals surface area contributed by atoms with E-state index in [2.05, 4.69) is 26.7 Å². The first-order valence-electron chi connectivity index (χ1n) is 2.36. The van der Waals surface area contributed by atoms with E-state index in [0.29, 0.717) is 5.82 Å². The zero-order valence-corrected chi connectivity index (χ0v) is 7.91. The standard InChI is InChI=1S/C4H5N4.Y/c1-2-4-7-5-3-6-8-4;/h2H2,1H3;/q-1;. The minimum atomic E-state index is 0. The zero-order valence-electron chi connectivity index (χ0n) is 5.07. The van der Waals surface area contributed by atoms with Crippen LogP contribution in [0.1, 0.15) is 12.7 Å². The molecule has 0 amide bonds. The third kappa shape index (κ3) is 2.91. The van der Waals surface area contributed by atoms with E-state index in [1.165, 1.54) is 0 Å². The van der Waals surface area contributed by atoms with Crippen molar-refractivity contribution in [2.45, 2.75) is 13.3 Å². The molecule has 5 heteroatoms. The van der Waals surface area contributed by atoms with Crippen LogP contribution in [0.5, 0.6) is 0 Å². The van der Waals surface area contributed by atoms with Gasteiger partial charge in [-0.1, -0.05) is 6.92 Å². The molecule has 0 N–H and O–H groups in total. The van der Waals surface area contributed by atoms with Crippen molar-refractivity contribution in [3.8, 4) is 0 Å². The SMILES string of the molecule is CCc1nn[c-]nn1.[Y]. The predicted octanol–water partition coefficient (Wildman–Crippen LogP) is -0.373. The van der Waals surface area contributed by atoms with Crippen molar-refractivity contribution in [3.05, 3.63) is 12.2 Å². The van der Waals surface area contributed by atoms with Gasteiger partial charge >= 0.3 is 0 Å². The molecule has 0 aliphatic rings. The molecule has 0 saturated carbocycles. The van der Waals surface area contributed by atoms with Gasteiger partial charge in [-0.05, 0) is 0 Å². The zero-order chi connectivity index (χ0) is 5.82. The van der Waals surface area contributed by atoms with E-state index in [-0.39, 0.29) is 32.7 Å². The molecule has 45 valence electrons. The largest absolute Gasteiger partial charge is 0.349 e. The van der Waals surface area contributed by atoms with E-state index >= 15 is 0 Å². The Morgan fingerprint density at radius 1 is 1.33 bits per heavy atom. The fourth-order valence-corrected chi connectivity index (χ4v) is 0.342. The minimum absolute atomic E-state index is 0. The molecule has 0 spiro atoms. The van der Waals surface area contributed by atoms with Gasteiger partial charge in [0.05, 0.1) is 0 Å². The summed E-state index contributed by atoms with van der Waals surface area (Å²) < 4.78 is 0. The molecule has 1 heterocycles. The van der Waals surface area contributed by atoms with Crippen LogP contribution in [0.25, 0.3) is 0 Å². The first-order chi connectivity index (χ1) is 3.93. The van der Waals surface area contributed by atoms with Crippen LogP contribution in [0.15, 0.2) is 0 Å². The van der Waals surface area contributed by atoms with Gasteiger partial charge in [0.15, 0.2) is 5.82 Å². The quantitative estimate of drug-likeness (QED) is 0.577. The van der Waals surface area contributed by atoms with Gasteiger partial charge in [0.1, 0.15) is 0 Å². The first kappa shape index (κ1) is 9.04. The van der Waals surface area contributed by atoms with Crippen molar-refractivity contribution in [2.24, 2.45) is 0 Å². The molecule has 0 unspecified atom stereocenters. The van der Waals surface area contributed by atoms with Gasteiger partial charge in [0, 0.05) is 39.1 Å². The third-order valence-electron chi connectivity index (χ3n) is 0.737. The summed E-state index contributed by atoms with van der Waals surface area (Å²) in [5, 5.41) is 14.0. The molecule has 0 fully saturated rings. The van der Waals surface area contributed by atoms with Crippen molar-refractivity contribution in [3.63, 3.8) is 0 Å². The summed E-state index contributed by atoms with van der Waals surface area (Å²) in [5.41, 5.74) is 0. The number of hydrogen-bond donors (Lipinski definition) is 0. The van der Waals surface area contributed by atoms with E-state index in [1.54, 1.807) is 0 Å². The molecule has 0 aliphatic heterocycles. The average Bonchev–Trinajstić information content (AvgIpc) is 1.90. The summed E-state index contributed by atoms with van der Waals surface area (Å²) in [6, 6.07) is 0. The Labute approximate surface area is 78.4 Å². The van der Waals surface area contributed by atoms with Gasteiger partial charge in [-0.2, -0.15) is 10.2 Å². The normalized spacial score (nSPS) is 8.11. The van der Waals surface area contributed by atoms with Crippen LogP contribution < -0.4 is 0 Å². The fourth-order valence-electron chi connectivity index (χ4n) is 0.342. The van der Waals surface area contributed by atoms with Crippen molar-refractivity contribution in [1.29, 1.82) is 0 Å². The second-order valence-corrected chi connectivity index (χ2v) is 1.27. The number of aryl methyl sites for hydroxylation is 1. The van der Waals surface area contributed by atoms with Crippen LogP contribution in [0.2, 0.25) is 0 Å². The van der Waals surface area contributed by atoms with E-state index in [9.17, 15) is 0 Å². The Kier molecular flexibility index (Phi) is 4.90. The Morgan fingerprint density at radius 3 is 2.22 bits per heavy atom. The summed E-state index contributed by atoms with van der Waals surface area (Å²) >= 11 is 0. The third-order valence-corrected chi connectivity index (χ3v) is 0.737. The van der Waals surface area contributed by atoms with E-state index in [1.807, 2.05) is 6.92 Å². The fraction of sp³-hybridized carbons (Fsp3) is 0.500. The molecule has 4 nitrogen and oxygen atoms in total. The van der Waals surface area contributed by atoms with Crippen LogP contribution in [0, 0.1) is 6.33 Å². The smallest absolute Gasteiger partial charge is 0.166 e. The molecule has 9 heavy (non-hydrogen) atoms.